The summed E-state index contributed by atoms with van der Waals surface area (Å²) in [6.45, 7) is 1.81. The standard InChI is InChI=1S/C13H20N4S/c14-8-2-1-3-9-15-12-6-4-11(5-7-12)13-10-18-17-16-13/h4-7,10,15-17H,1-3,8-9,14H2. The predicted molar refractivity (Wildman–Crippen MR) is 79.7 cm³/mol. The quantitative estimate of drug-likeness (QED) is 0.449. The highest BCUT2D eigenvalue weighted by Gasteiger charge is 2.05. The van der Waals surface area contributed by atoms with Crippen molar-refractivity contribution < 1.29 is 0 Å². The molecule has 0 fully saturated rings. The van der Waals surface area contributed by atoms with E-state index in [9.17, 15) is 0 Å². The molecule has 18 heavy (non-hydrogen) atoms. The fourth-order valence-corrected chi connectivity index (χ4v) is 2.33. The van der Waals surface area contributed by atoms with Gasteiger partial charge in [-0.1, -0.05) is 18.6 Å². The molecule has 98 valence electrons. The van der Waals surface area contributed by atoms with Gasteiger partial charge in [0.15, 0.2) is 0 Å². The SMILES string of the molecule is NCCCCCNc1ccc(C2=CSNN2)cc1. The Kier molecular flexibility index (Phi) is 5.38. The summed E-state index contributed by atoms with van der Waals surface area (Å²) in [4.78, 5) is 2.99. The smallest absolute Gasteiger partial charge is 0.0645 e. The molecule has 1 aliphatic heterocycles. The maximum atomic E-state index is 5.46. The van der Waals surface area contributed by atoms with Gasteiger partial charge in [-0.15, -0.1) is 0 Å². The van der Waals surface area contributed by atoms with E-state index in [0.29, 0.717) is 0 Å². The van der Waals surface area contributed by atoms with Crippen LogP contribution in [0.25, 0.3) is 5.70 Å². The number of hydrazine groups is 1. The largest absolute Gasteiger partial charge is 0.385 e. The van der Waals surface area contributed by atoms with E-state index in [0.717, 1.165) is 25.2 Å². The number of anilines is 1. The zero-order chi connectivity index (χ0) is 12.6. The van der Waals surface area contributed by atoms with Crippen LogP contribution in [0.4, 0.5) is 5.69 Å². The summed E-state index contributed by atoms with van der Waals surface area (Å²) in [6, 6.07) is 8.47. The van der Waals surface area contributed by atoms with E-state index in [1.54, 1.807) is 11.9 Å². The molecule has 0 unspecified atom stereocenters. The lowest BCUT2D eigenvalue weighted by atomic mass is 10.1. The third kappa shape index (κ3) is 3.94. The number of hydrogen-bond donors (Lipinski definition) is 4. The normalized spacial score (nSPS) is 14.2. The molecule has 1 heterocycles. The van der Waals surface area contributed by atoms with Crippen molar-refractivity contribution in [2.75, 3.05) is 18.4 Å². The van der Waals surface area contributed by atoms with Crippen LogP contribution in [-0.2, 0) is 0 Å². The molecule has 2 rings (SSSR count). The fraction of sp³-hybridized carbons (Fsp3) is 0.385. The molecule has 0 aliphatic carbocycles. The van der Waals surface area contributed by atoms with Crippen molar-refractivity contribution in [3.8, 4) is 0 Å². The van der Waals surface area contributed by atoms with Gasteiger partial charge in [-0.05, 0) is 49.0 Å². The minimum absolute atomic E-state index is 0.794. The third-order valence-electron chi connectivity index (χ3n) is 2.83. The highest BCUT2D eigenvalue weighted by atomic mass is 32.2. The summed E-state index contributed by atoms with van der Waals surface area (Å²) >= 11 is 1.55. The van der Waals surface area contributed by atoms with Crippen molar-refractivity contribution in [3.63, 3.8) is 0 Å². The van der Waals surface area contributed by atoms with Crippen LogP contribution in [0.5, 0.6) is 0 Å². The van der Waals surface area contributed by atoms with Gasteiger partial charge in [0.25, 0.3) is 0 Å². The lowest BCUT2D eigenvalue weighted by molar-refractivity contribution is 0.707. The third-order valence-corrected chi connectivity index (χ3v) is 3.40. The van der Waals surface area contributed by atoms with Gasteiger partial charge in [-0.2, -0.15) is 4.83 Å². The second kappa shape index (κ2) is 7.31. The Balaban J connectivity index is 1.77. The highest BCUT2D eigenvalue weighted by Crippen LogP contribution is 2.20. The van der Waals surface area contributed by atoms with Crippen molar-refractivity contribution >= 4 is 23.3 Å². The maximum Gasteiger partial charge on any atom is 0.0645 e. The van der Waals surface area contributed by atoms with Crippen molar-refractivity contribution in [2.45, 2.75) is 19.3 Å². The molecule has 0 atom stereocenters. The van der Waals surface area contributed by atoms with Gasteiger partial charge in [-0.3, -0.25) is 0 Å². The summed E-state index contributed by atoms with van der Waals surface area (Å²) in [7, 11) is 0. The van der Waals surface area contributed by atoms with E-state index in [2.05, 4.69) is 45.2 Å². The molecule has 5 N–H and O–H groups in total. The molecule has 0 amide bonds. The van der Waals surface area contributed by atoms with Gasteiger partial charge in [0.1, 0.15) is 0 Å². The topological polar surface area (TPSA) is 62.1 Å². The van der Waals surface area contributed by atoms with Crippen LogP contribution in [0.1, 0.15) is 24.8 Å². The number of benzene rings is 1. The molecule has 0 spiro atoms. The Hall–Kier alpha value is -1.17. The Morgan fingerprint density at radius 3 is 2.61 bits per heavy atom. The molecule has 4 nitrogen and oxygen atoms in total. The Labute approximate surface area is 113 Å². The average molecular weight is 264 g/mol. The number of nitrogens with two attached hydrogens (primary N) is 1. The van der Waals surface area contributed by atoms with Crippen LogP contribution in [-0.4, -0.2) is 13.1 Å². The minimum atomic E-state index is 0.794. The van der Waals surface area contributed by atoms with E-state index < -0.39 is 0 Å². The molecule has 0 radical (unpaired) electrons. The first-order valence-electron chi connectivity index (χ1n) is 6.31. The van der Waals surface area contributed by atoms with Gasteiger partial charge in [0.2, 0.25) is 0 Å². The second-order valence-electron chi connectivity index (χ2n) is 4.23. The van der Waals surface area contributed by atoms with Crippen LogP contribution < -0.4 is 21.3 Å². The molecular formula is C13H20N4S. The summed E-state index contributed by atoms with van der Waals surface area (Å²) in [6.07, 6.45) is 3.48. The zero-order valence-corrected chi connectivity index (χ0v) is 11.2. The van der Waals surface area contributed by atoms with E-state index in [-0.39, 0.29) is 0 Å². The number of hydrogen-bond acceptors (Lipinski definition) is 5. The Bertz CT molecular complexity index is 388. The summed E-state index contributed by atoms with van der Waals surface area (Å²) in [5, 5.41) is 5.48. The molecule has 1 aromatic rings. The highest BCUT2D eigenvalue weighted by molar-refractivity contribution is 8.00. The number of nitrogens with one attached hydrogen (secondary N) is 3. The van der Waals surface area contributed by atoms with Gasteiger partial charge >= 0.3 is 0 Å². The first-order chi connectivity index (χ1) is 8.90. The first kappa shape index (κ1) is 13.3. The van der Waals surface area contributed by atoms with Gasteiger partial charge in [0.05, 0.1) is 5.70 Å². The molecular weight excluding hydrogens is 244 g/mol. The average Bonchev–Trinajstić information content (AvgIpc) is 2.93. The van der Waals surface area contributed by atoms with Crippen LogP contribution in [0.15, 0.2) is 29.7 Å². The summed E-state index contributed by atoms with van der Waals surface area (Å²) in [5.74, 6) is 0. The minimum Gasteiger partial charge on any atom is -0.385 e. The molecule has 1 aliphatic rings. The maximum absolute atomic E-state index is 5.46. The molecule has 5 heteroatoms. The van der Waals surface area contributed by atoms with Gasteiger partial charge in [-0.25, -0.2) is 0 Å². The van der Waals surface area contributed by atoms with Crippen LogP contribution in [0.2, 0.25) is 0 Å². The molecule has 0 saturated carbocycles. The van der Waals surface area contributed by atoms with Crippen molar-refractivity contribution in [1.82, 2.24) is 10.3 Å². The predicted octanol–water partition coefficient (Wildman–Crippen LogP) is 2.28. The summed E-state index contributed by atoms with van der Waals surface area (Å²) < 4.78 is 0. The van der Waals surface area contributed by atoms with Crippen LogP contribution >= 0.6 is 11.9 Å². The van der Waals surface area contributed by atoms with E-state index >= 15 is 0 Å². The van der Waals surface area contributed by atoms with Crippen LogP contribution in [0, 0.1) is 0 Å². The second-order valence-corrected chi connectivity index (χ2v) is 4.91. The van der Waals surface area contributed by atoms with Crippen molar-refractivity contribution in [3.05, 3.63) is 35.2 Å². The lowest BCUT2D eigenvalue weighted by Crippen LogP contribution is -2.17. The van der Waals surface area contributed by atoms with Crippen molar-refractivity contribution in [1.29, 1.82) is 0 Å². The van der Waals surface area contributed by atoms with E-state index in [4.69, 9.17) is 5.73 Å². The zero-order valence-electron chi connectivity index (χ0n) is 10.4. The monoisotopic (exact) mass is 264 g/mol. The first-order valence-corrected chi connectivity index (χ1v) is 7.19. The lowest BCUT2D eigenvalue weighted by Gasteiger charge is -2.08. The van der Waals surface area contributed by atoms with Gasteiger partial charge in [0, 0.05) is 17.6 Å². The molecule has 0 bridgehead atoms. The Morgan fingerprint density at radius 1 is 1.11 bits per heavy atom. The molecule has 0 saturated heterocycles. The Morgan fingerprint density at radius 2 is 1.94 bits per heavy atom. The number of rotatable bonds is 7. The van der Waals surface area contributed by atoms with Crippen LogP contribution in [0.3, 0.4) is 0 Å². The summed E-state index contributed by atoms with van der Waals surface area (Å²) in [5.41, 5.74) is 12.0. The van der Waals surface area contributed by atoms with E-state index in [1.807, 2.05) is 0 Å². The number of unbranched alkanes of at least 4 members (excludes halogenated alkanes) is 2. The fourth-order valence-electron chi connectivity index (χ4n) is 1.79. The van der Waals surface area contributed by atoms with Gasteiger partial charge < -0.3 is 16.5 Å². The van der Waals surface area contributed by atoms with E-state index in [1.165, 1.54) is 24.1 Å². The molecule has 1 aromatic carbocycles. The molecule has 0 aromatic heterocycles. The van der Waals surface area contributed by atoms with Crippen molar-refractivity contribution in [2.24, 2.45) is 5.73 Å².